The minimum absolute atomic E-state index is 0.0347. The lowest BCUT2D eigenvalue weighted by atomic mass is 10.2. The average molecular weight is 345 g/mol. The number of benzene rings is 1. The van der Waals surface area contributed by atoms with E-state index in [0.717, 1.165) is 5.56 Å². The molecule has 126 valence electrons. The van der Waals surface area contributed by atoms with Crippen molar-refractivity contribution >= 4 is 29.0 Å². The summed E-state index contributed by atoms with van der Waals surface area (Å²) in [4.78, 5) is 36.1. The number of carbonyl (C=O) groups is 3. The van der Waals surface area contributed by atoms with Crippen molar-refractivity contribution in [1.29, 1.82) is 0 Å². The molecule has 0 aliphatic heterocycles. The minimum atomic E-state index is -0.891. The van der Waals surface area contributed by atoms with Crippen LogP contribution in [0.15, 0.2) is 47.8 Å². The molecule has 1 atom stereocenters. The van der Waals surface area contributed by atoms with E-state index < -0.39 is 12.1 Å². The molecule has 2 aromatic rings. The van der Waals surface area contributed by atoms with Crippen molar-refractivity contribution in [2.24, 2.45) is 0 Å². The molecule has 0 saturated heterocycles. The SMILES string of the molecule is CC(OC(=O)CCC(=O)c1cccs1)C(=O)NCc1ccccc1. The monoisotopic (exact) mass is 345 g/mol. The smallest absolute Gasteiger partial charge is 0.307 e. The number of nitrogens with one attached hydrogen (secondary N) is 1. The van der Waals surface area contributed by atoms with Crippen molar-refractivity contribution in [3.05, 3.63) is 58.3 Å². The van der Waals surface area contributed by atoms with Gasteiger partial charge in [-0.1, -0.05) is 36.4 Å². The Morgan fingerprint density at radius 1 is 1.08 bits per heavy atom. The Bertz CT molecular complexity index is 682. The fourth-order valence-electron chi connectivity index (χ4n) is 2.01. The molecule has 1 aromatic carbocycles. The van der Waals surface area contributed by atoms with Crippen LogP contribution in [0.25, 0.3) is 0 Å². The molecule has 0 radical (unpaired) electrons. The number of rotatable bonds is 8. The maximum Gasteiger partial charge on any atom is 0.307 e. The van der Waals surface area contributed by atoms with Crippen molar-refractivity contribution in [2.75, 3.05) is 0 Å². The molecule has 1 heterocycles. The number of carbonyl (C=O) groups excluding carboxylic acids is 3. The molecule has 1 unspecified atom stereocenters. The van der Waals surface area contributed by atoms with E-state index in [0.29, 0.717) is 11.4 Å². The molecule has 1 aromatic heterocycles. The van der Waals surface area contributed by atoms with Crippen LogP contribution in [0.2, 0.25) is 0 Å². The van der Waals surface area contributed by atoms with Gasteiger partial charge in [-0.05, 0) is 23.9 Å². The molecule has 0 fully saturated rings. The van der Waals surface area contributed by atoms with Crippen LogP contribution in [0.5, 0.6) is 0 Å². The normalized spacial score (nSPS) is 11.5. The van der Waals surface area contributed by atoms with Crippen LogP contribution >= 0.6 is 11.3 Å². The fraction of sp³-hybridized carbons (Fsp3) is 0.278. The molecular weight excluding hydrogens is 326 g/mol. The molecule has 0 aliphatic carbocycles. The van der Waals surface area contributed by atoms with Gasteiger partial charge in [0.05, 0.1) is 11.3 Å². The number of thiophene rings is 1. The first-order valence-electron chi connectivity index (χ1n) is 7.64. The summed E-state index contributed by atoms with van der Waals surface area (Å²) in [6.45, 7) is 1.89. The average Bonchev–Trinajstić information content (AvgIpc) is 3.13. The summed E-state index contributed by atoms with van der Waals surface area (Å²) in [5.41, 5.74) is 0.964. The first kappa shape index (κ1) is 17.9. The number of ether oxygens (including phenoxy) is 1. The zero-order valence-electron chi connectivity index (χ0n) is 13.4. The van der Waals surface area contributed by atoms with E-state index in [1.807, 2.05) is 35.7 Å². The Hall–Kier alpha value is -2.47. The topological polar surface area (TPSA) is 72.5 Å². The Morgan fingerprint density at radius 2 is 1.83 bits per heavy atom. The third kappa shape index (κ3) is 5.62. The number of ketones is 1. The predicted octanol–water partition coefficient (Wildman–Crippen LogP) is 2.96. The quantitative estimate of drug-likeness (QED) is 0.590. The van der Waals surface area contributed by atoms with Crippen molar-refractivity contribution in [1.82, 2.24) is 5.32 Å². The van der Waals surface area contributed by atoms with Gasteiger partial charge in [0.15, 0.2) is 11.9 Å². The number of esters is 1. The molecule has 2 rings (SSSR count). The number of hydrogen-bond donors (Lipinski definition) is 1. The first-order chi connectivity index (χ1) is 11.6. The lowest BCUT2D eigenvalue weighted by Crippen LogP contribution is -2.35. The zero-order valence-corrected chi connectivity index (χ0v) is 14.2. The zero-order chi connectivity index (χ0) is 17.4. The van der Waals surface area contributed by atoms with Crippen molar-refractivity contribution < 1.29 is 19.1 Å². The molecule has 6 heteroatoms. The molecule has 0 saturated carbocycles. The first-order valence-corrected chi connectivity index (χ1v) is 8.52. The molecule has 0 bridgehead atoms. The number of Topliss-reactive ketones (excluding diaryl/α,β-unsaturated/α-hetero) is 1. The van der Waals surface area contributed by atoms with E-state index in [1.165, 1.54) is 18.3 Å². The van der Waals surface area contributed by atoms with Crippen LogP contribution in [0.3, 0.4) is 0 Å². The van der Waals surface area contributed by atoms with Crippen molar-refractivity contribution in [2.45, 2.75) is 32.4 Å². The van der Waals surface area contributed by atoms with E-state index in [1.54, 1.807) is 12.1 Å². The maximum atomic E-state index is 11.9. The Balaban J connectivity index is 1.70. The third-order valence-electron chi connectivity index (χ3n) is 3.34. The molecule has 1 amide bonds. The standard InChI is InChI=1S/C18H19NO4S/c1-13(18(22)19-12-14-6-3-2-4-7-14)23-17(21)10-9-15(20)16-8-5-11-24-16/h2-8,11,13H,9-10,12H2,1H3,(H,19,22). The number of hydrogen-bond acceptors (Lipinski definition) is 5. The van der Waals surface area contributed by atoms with E-state index >= 15 is 0 Å². The Labute approximate surface area is 144 Å². The molecule has 1 N–H and O–H groups in total. The summed E-state index contributed by atoms with van der Waals surface area (Å²) in [5.74, 6) is -1.01. The van der Waals surface area contributed by atoms with Gasteiger partial charge in [-0.15, -0.1) is 11.3 Å². The fourth-order valence-corrected chi connectivity index (χ4v) is 2.71. The van der Waals surface area contributed by atoms with Crippen LogP contribution in [0.4, 0.5) is 0 Å². The van der Waals surface area contributed by atoms with E-state index in [2.05, 4.69) is 5.32 Å². The highest BCUT2D eigenvalue weighted by molar-refractivity contribution is 7.12. The summed E-state index contributed by atoms with van der Waals surface area (Å²) in [5, 5.41) is 4.52. The molecule has 0 spiro atoms. The largest absolute Gasteiger partial charge is 0.453 e. The van der Waals surface area contributed by atoms with Crippen LogP contribution in [0, 0.1) is 0 Å². The van der Waals surface area contributed by atoms with Crippen LogP contribution in [-0.2, 0) is 20.9 Å². The highest BCUT2D eigenvalue weighted by Crippen LogP contribution is 2.12. The molecule has 5 nitrogen and oxygen atoms in total. The van der Waals surface area contributed by atoms with Crippen molar-refractivity contribution in [3.63, 3.8) is 0 Å². The van der Waals surface area contributed by atoms with Crippen LogP contribution in [-0.4, -0.2) is 23.8 Å². The molecule has 24 heavy (non-hydrogen) atoms. The second-order valence-electron chi connectivity index (χ2n) is 5.24. The summed E-state index contributed by atoms with van der Waals surface area (Å²) < 4.78 is 5.07. The summed E-state index contributed by atoms with van der Waals surface area (Å²) in [7, 11) is 0. The van der Waals surface area contributed by atoms with Gasteiger partial charge in [-0.25, -0.2) is 0 Å². The minimum Gasteiger partial charge on any atom is -0.453 e. The van der Waals surface area contributed by atoms with Crippen molar-refractivity contribution in [3.8, 4) is 0 Å². The van der Waals surface area contributed by atoms with E-state index in [-0.39, 0.29) is 24.5 Å². The second-order valence-corrected chi connectivity index (χ2v) is 6.18. The van der Waals surface area contributed by atoms with Gasteiger partial charge in [0.25, 0.3) is 5.91 Å². The van der Waals surface area contributed by atoms with Gasteiger partial charge in [0, 0.05) is 13.0 Å². The lowest BCUT2D eigenvalue weighted by Gasteiger charge is -2.13. The Morgan fingerprint density at radius 3 is 2.50 bits per heavy atom. The lowest BCUT2D eigenvalue weighted by molar-refractivity contribution is -0.154. The number of amides is 1. The van der Waals surface area contributed by atoms with Gasteiger partial charge in [0.2, 0.25) is 0 Å². The van der Waals surface area contributed by atoms with Gasteiger partial charge < -0.3 is 10.1 Å². The summed E-state index contributed by atoms with van der Waals surface area (Å²) in [6.07, 6.45) is -0.844. The summed E-state index contributed by atoms with van der Waals surface area (Å²) >= 11 is 1.34. The highest BCUT2D eigenvalue weighted by atomic mass is 32.1. The second kappa shape index (κ2) is 8.98. The van der Waals surface area contributed by atoms with E-state index in [9.17, 15) is 14.4 Å². The Kier molecular flexibility index (Phi) is 6.69. The van der Waals surface area contributed by atoms with Crippen LogP contribution in [0.1, 0.15) is 35.0 Å². The van der Waals surface area contributed by atoms with E-state index in [4.69, 9.17) is 4.74 Å². The highest BCUT2D eigenvalue weighted by Gasteiger charge is 2.18. The van der Waals surface area contributed by atoms with Gasteiger partial charge in [0.1, 0.15) is 0 Å². The predicted molar refractivity (Wildman–Crippen MR) is 91.7 cm³/mol. The maximum absolute atomic E-state index is 11.9. The van der Waals surface area contributed by atoms with Gasteiger partial charge in [-0.3, -0.25) is 14.4 Å². The molecule has 0 aliphatic rings. The van der Waals surface area contributed by atoms with Crippen LogP contribution < -0.4 is 5.32 Å². The molecular formula is C18H19NO4S. The summed E-state index contributed by atoms with van der Waals surface area (Å²) in [6, 6.07) is 13.0. The third-order valence-corrected chi connectivity index (χ3v) is 4.25. The van der Waals surface area contributed by atoms with Gasteiger partial charge in [-0.2, -0.15) is 0 Å². The van der Waals surface area contributed by atoms with Gasteiger partial charge >= 0.3 is 5.97 Å².